The van der Waals surface area contributed by atoms with Gasteiger partial charge < -0.3 is 35.6 Å². The monoisotopic (exact) mass is 280 g/mol. The second-order valence-electron chi connectivity index (χ2n) is 3.98. The van der Waals surface area contributed by atoms with Gasteiger partial charge in [-0.25, -0.2) is 4.79 Å². The molecule has 1 saturated heterocycles. The fourth-order valence-corrected chi connectivity index (χ4v) is 1.74. The SMILES string of the molecule is COC(=O)N[C@@]1(C(N)=O)O[C@H](CO)[C@@H](O)[C@H](O)[C@H]1O. The molecule has 1 aliphatic rings. The predicted octanol–water partition coefficient (Wildman–Crippen LogP) is -4.00. The molecule has 19 heavy (non-hydrogen) atoms. The van der Waals surface area contributed by atoms with Crippen LogP contribution in [0.4, 0.5) is 4.79 Å². The Hall–Kier alpha value is -1.46. The Balaban J connectivity index is 3.13. The van der Waals surface area contributed by atoms with Crippen LogP contribution in [0.2, 0.25) is 0 Å². The summed E-state index contributed by atoms with van der Waals surface area (Å²) in [5, 5.41) is 39.8. The number of hydrogen-bond acceptors (Lipinski definition) is 8. The number of aliphatic hydroxyl groups is 4. The third kappa shape index (κ3) is 2.62. The van der Waals surface area contributed by atoms with Crippen LogP contribution in [0.15, 0.2) is 0 Å². The van der Waals surface area contributed by atoms with Crippen LogP contribution in [-0.4, -0.2) is 76.3 Å². The molecule has 0 unspecified atom stereocenters. The van der Waals surface area contributed by atoms with Crippen LogP contribution in [0.5, 0.6) is 0 Å². The highest BCUT2D eigenvalue weighted by Crippen LogP contribution is 2.28. The van der Waals surface area contributed by atoms with Crippen LogP contribution in [0.3, 0.4) is 0 Å². The third-order valence-corrected chi connectivity index (χ3v) is 2.83. The second kappa shape index (κ2) is 5.67. The number of methoxy groups -OCH3 is 1. The van der Waals surface area contributed by atoms with Crippen molar-refractivity contribution >= 4 is 12.0 Å². The molecular weight excluding hydrogens is 264 g/mol. The first-order valence-corrected chi connectivity index (χ1v) is 5.29. The average Bonchev–Trinajstić information content (AvgIpc) is 2.39. The van der Waals surface area contributed by atoms with Gasteiger partial charge in [-0.15, -0.1) is 0 Å². The molecule has 0 aliphatic carbocycles. The smallest absolute Gasteiger partial charge is 0.409 e. The summed E-state index contributed by atoms with van der Waals surface area (Å²) in [6, 6.07) is 0. The lowest BCUT2D eigenvalue weighted by atomic mass is 9.90. The summed E-state index contributed by atoms with van der Waals surface area (Å²) in [6.07, 6.45) is -8.15. The molecule has 2 amide bonds. The van der Waals surface area contributed by atoms with Crippen molar-refractivity contribution in [2.45, 2.75) is 30.1 Å². The molecule has 1 aliphatic heterocycles. The van der Waals surface area contributed by atoms with Crippen LogP contribution in [-0.2, 0) is 14.3 Å². The van der Waals surface area contributed by atoms with Gasteiger partial charge in [0.25, 0.3) is 11.6 Å². The molecule has 0 radical (unpaired) electrons. The Kier molecular flexibility index (Phi) is 4.66. The Morgan fingerprint density at radius 2 is 1.95 bits per heavy atom. The summed E-state index contributed by atoms with van der Waals surface area (Å²) in [4.78, 5) is 22.6. The standard InChI is InChI=1S/C9H16N2O8/c1-18-8(17)11-9(7(10)16)6(15)5(14)4(13)3(2-12)19-9/h3-6,12-15H,2H2,1H3,(H2,10,16)(H,11,17)/t3-,4-,5+,6-,9-/m1/s1. The summed E-state index contributed by atoms with van der Waals surface area (Å²) in [7, 11) is 0.994. The van der Waals surface area contributed by atoms with Gasteiger partial charge >= 0.3 is 6.09 Å². The number of rotatable bonds is 3. The van der Waals surface area contributed by atoms with E-state index in [1.54, 1.807) is 0 Å². The first-order valence-electron chi connectivity index (χ1n) is 5.29. The molecule has 1 heterocycles. The minimum atomic E-state index is -2.51. The van der Waals surface area contributed by atoms with E-state index in [0.717, 1.165) is 7.11 Å². The number of alkyl carbamates (subject to hydrolysis) is 1. The van der Waals surface area contributed by atoms with Crippen LogP contribution >= 0.6 is 0 Å². The van der Waals surface area contributed by atoms with E-state index in [1.807, 2.05) is 5.32 Å². The zero-order valence-electron chi connectivity index (χ0n) is 10.0. The van der Waals surface area contributed by atoms with E-state index < -0.39 is 48.7 Å². The predicted molar refractivity (Wildman–Crippen MR) is 57.4 cm³/mol. The number of nitrogens with one attached hydrogen (secondary N) is 1. The van der Waals surface area contributed by atoms with Crippen molar-refractivity contribution < 1.29 is 39.5 Å². The molecule has 7 N–H and O–H groups in total. The Labute approximate surface area is 107 Å². The minimum absolute atomic E-state index is 0.775. The number of carbonyl (C=O) groups is 2. The summed E-state index contributed by atoms with van der Waals surface area (Å²) >= 11 is 0. The first-order chi connectivity index (χ1) is 8.80. The molecule has 10 heteroatoms. The van der Waals surface area contributed by atoms with Crippen molar-refractivity contribution in [1.82, 2.24) is 5.32 Å². The number of amides is 2. The van der Waals surface area contributed by atoms with Crippen LogP contribution in [0.25, 0.3) is 0 Å². The third-order valence-electron chi connectivity index (χ3n) is 2.83. The molecule has 0 aromatic carbocycles. The molecule has 5 atom stereocenters. The normalized spacial score (nSPS) is 38.6. The van der Waals surface area contributed by atoms with E-state index in [4.69, 9.17) is 15.6 Å². The lowest BCUT2D eigenvalue weighted by Crippen LogP contribution is -2.75. The average molecular weight is 280 g/mol. The number of carbonyl (C=O) groups excluding carboxylic acids is 2. The van der Waals surface area contributed by atoms with Crippen molar-refractivity contribution in [3.8, 4) is 0 Å². The molecule has 0 aromatic rings. The highest BCUT2D eigenvalue weighted by molar-refractivity contribution is 5.88. The van der Waals surface area contributed by atoms with Gasteiger partial charge in [0.05, 0.1) is 13.7 Å². The highest BCUT2D eigenvalue weighted by Gasteiger charge is 2.58. The van der Waals surface area contributed by atoms with E-state index in [0.29, 0.717) is 0 Å². The van der Waals surface area contributed by atoms with Crippen LogP contribution < -0.4 is 11.1 Å². The van der Waals surface area contributed by atoms with E-state index in [-0.39, 0.29) is 0 Å². The maximum absolute atomic E-state index is 11.4. The molecule has 1 fully saturated rings. The van der Waals surface area contributed by atoms with Gasteiger partial charge in [-0.05, 0) is 0 Å². The van der Waals surface area contributed by atoms with Crippen molar-refractivity contribution in [2.24, 2.45) is 5.73 Å². The van der Waals surface area contributed by atoms with Crippen molar-refractivity contribution in [1.29, 1.82) is 0 Å². The van der Waals surface area contributed by atoms with Crippen LogP contribution in [0, 0.1) is 0 Å². The summed E-state index contributed by atoms with van der Waals surface area (Å²) in [5.74, 6) is -1.32. The van der Waals surface area contributed by atoms with Gasteiger partial charge in [0.2, 0.25) is 0 Å². The maximum Gasteiger partial charge on any atom is 0.409 e. The second-order valence-corrected chi connectivity index (χ2v) is 3.98. The quantitative estimate of drug-likeness (QED) is 0.303. The van der Waals surface area contributed by atoms with Gasteiger partial charge in [0.15, 0.2) is 0 Å². The van der Waals surface area contributed by atoms with Gasteiger partial charge in [-0.3, -0.25) is 10.1 Å². The molecule has 110 valence electrons. The zero-order chi connectivity index (χ0) is 14.8. The Morgan fingerprint density at radius 3 is 2.37 bits per heavy atom. The maximum atomic E-state index is 11.4. The summed E-state index contributed by atoms with van der Waals surface area (Å²) < 4.78 is 9.21. The van der Waals surface area contributed by atoms with E-state index in [2.05, 4.69) is 4.74 Å². The number of ether oxygens (including phenoxy) is 2. The lowest BCUT2D eigenvalue weighted by Gasteiger charge is -2.46. The largest absolute Gasteiger partial charge is 0.453 e. The van der Waals surface area contributed by atoms with Gasteiger partial charge in [-0.2, -0.15) is 0 Å². The van der Waals surface area contributed by atoms with Crippen LogP contribution in [0.1, 0.15) is 0 Å². The summed E-state index contributed by atoms with van der Waals surface area (Å²) in [5.41, 5.74) is 2.54. The minimum Gasteiger partial charge on any atom is -0.453 e. The fourth-order valence-electron chi connectivity index (χ4n) is 1.74. The van der Waals surface area contributed by atoms with E-state index in [1.165, 1.54) is 0 Å². The summed E-state index contributed by atoms with van der Waals surface area (Å²) in [6.45, 7) is -0.775. The van der Waals surface area contributed by atoms with E-state index >= 15 is 0 Å². The molecule has 0 spiro atoms. The topological polar surface area (TPSA) is 172 Å². The molecule has 0 saturated carbocycles. The number of aliphatic hydroxyl groups excluding tert-OH is 4. The fraction of sp³-hybridized carbons (Fsp3) is 0.778. The van der Waals surface area contributed by atoms with E-state index in [9.17, 15) is 24.9 Å². The zero-order valence-corrected chi connectivity index (χ0v) is 10.0. The molecule has 0 aromatic heterocycles. The van der Waals surface area contributed by atoms with Gasteiger partial charge in [0, 0.05) is 0 Å². The lowest BCUT2D eigenvalue weighted by molar-refractivity contribution is -0.271. The highest BCUT2D eigenvalue weighted by atomic mass is 16.6. The van der Waals surface area contributed by atoms with Crippen molar-refractivity contribution in [3.05, 3.63) is 0 Å². The number of primary amides is 1. The van der Waals surface area contributed by atoms with Gasteiger partial charge in [0.1, 0.15) is 24.4 Å². The first kappa shape index (κ1) is 15.6. The Morgan fingerprint density at radius 1 is 1.37 bits per heavy atom. The molecule has 0 bridgehead atoms. The molecule has 10 nitrogen and oxygen atoms in total. The molecular formula is C9H16N2O8. The molecule has 1 rings (SSSR count). The van der Waals surface area contributed by atoms with Gasteiger partial charge in [-0.1, -0.05) is 0 Å². The number of hydrogen-bond donors (Lipinski definition) is 6. The number of nitrogens with two attached hydrogens (primary N) is 1. The Bertz CT molecular complexity index is 362. The van der Waals surface area contributed by atoms with Crippen molar-refractivity contribution in [2.75, 3.05) is 13.7 Å². The van der Waals surface area contributed by atoms with Crippen molar-refractivity contribution in [3.63, 3.8) is 0 Å².